The summed E-state index contributed by atoms with van der Waals surface area (Å²) in [6.45, 7) is 1.94. The first-order valence-electron chi connectivity index (χ1n) is 10.6. The van der Waals surface area contributed by atoms with Gasteiger partial charge in [-0.1, -0.05) is 54.6 Å². The predicted octanol–water partition coefficient (Wildman–Crippen LogP) is 5.05. The lowest BCUT2D eigenvalue weighted by Gasteiger charge is -2.28. The van der Waals surface area contributed by atoms with Crippen LogP contribution in [0.3, 0.4) is 0 Å². The Labute approximate surface area is 179 Å². The zero-order chi connectivity index (χ0) is 20.9. The number of hydrogen-bond donors (Lipinski definition) is 1. The lowest BCUT2D eigenvalue weighted by Crippen LogP contribution is -2.25. The monoisotopic (exact) mass is 399 g/mol. The van der Waals surface area contributed by atoms with E-state index in [4.69, 9.17) is 0 Å². The van der Waals surface area contributed by atoms with Crippen LogP contribution >= 0.6 is 0 Å². The van der Waals surface area contributed by atoms with Crippen molar-refractivity contribution in [3.63, 3.8) is 0 Å². The van der Waals surface area contributed by atoms with Crippen LogP contribution < -0.4 is 10.2 Å². The Balaban J connectivity index is 1.71. The van der Waals surface area contributed by atoms with Crippen molar-refractivity contribution >= 4 is 23.0 Å². The van der Waals surface area contributed by atoms with Crippen molar-refractivity contribution in [2.45, 2.75) is 18.8 Å². The van der Waals surface area contributed by atoms with E-state index in [9.17, 15) is 4.79 Å². The number of carbonyl (C=O) groups is 1. The smallest absolute Gasteiger partial charge is 0.232 e. The summed E-state index contributed by atoms with van der Waals surface area (Å²) in [7, 11) is 4.21. The van der Waals surface area contributed by atoms with Gasteiger partial charge in [0.25, 0.3) is 0 Å². The van der Waals surface area contributed by atoms with Gasteiger partial charge >= 0.3 is 0 Å². The first-order chi connectivity index (χ1) is 14.6. The molecule has 1 amide bonds. The Bertz CT molecular complexity index is 1000. The number of carbonyl (C=O) groups excluding carboxylic acids is 1. The number of nitrogens with zero attached hydrogens (tertiary/aromatic N) is 2. The maximum absolute atomic E-state index is 13.4. The molecule has 1 aliphatic rings. The minimum absolute atomic E-state index is 0.0404. The number of anilines is 3. The molecule has 3 aromatic rings. The van der Waals surface area contributed by atoms with Crippen LogP contribution in [-0.4, -0.2) is 38.0 Å². The average molecular weight is 400 g/mol. The van der Waals surface area contributed by atoms with Crippen molar-refractivity contribution in [3.8, 4) is 0 Å². The molecular weight excluding hydrogens is 370 g/mol. The quantitative estimate of drug-likeness (QED) is 0.630. The molecular formula is C26H29N3O. The maximum atomic E-state index is 13.4. The van der Waals surface area contributed by atoms with E-state index in [0.29, 0.717) is 6.42 Å². The van der Waals surface area contributed by atoms with Crippen molar-refractivity contribution < 1.29 is 4.79 Å². The highest BCUT2D eigenvalue weighted by Gasteiger charge is 2.30. The summed E-state index contributed by atoms with van der Waals surface area (Å²) in [6.07, 6.45) is 1.74. The van der Waals surface area contributed by atoms with Gasteiger partial charge in [0.1, 0.15) is 0 Å². The second-order valence-corrected chi connectivity index (χ2v) is 8.11. The SMILES string of the molecule is CN(C)CCCN1c2ccccc2CC(C(=O)Nc2ccccc2)c2ccccc21. The van der Waals surface area contributed by atoms with Gasteiger partial charge in [0.2, 0.25) is 5.91 Å². The van der Waals surface area contributed by atoms with E-state index in [1.54, 1.807) is 0 Å². The molecule has 0 radical (unpaired) electrons. The molecule has 4 nitrogen and oxygen atoms in total. The Hall–Kier alpha value is -3.11. The van der Waals surface area contributed by atoms with Gasteiger partial charge in [-0.15, -0.1) is 0 Å². The second-order valence-electron chi connectivity index (χ2n) is 8.11. The molecule has 0 saturated heterocycles. The van der Waals surface area contributed by atoms with Gasteiger partial charge in [-0.2, -0.15) is 0 Å². The summed E-state index contributed by atoms with van der Waals surface area (Å²) >= 11 is 0. The zero-order valence-corrected chi connectivity index (χ0v) is 17.7. The number of hydrogen-bond acceptors (Lipinski definition) is 3. The summed E-state index contributed by atoms with van der Waals surface area (Å²) in [5.41, 5.74) is 5.48. The number of para-hydroxylation sites is 3. The number of fused-ring (bicyclic) bond motifs is 2. The van der Waals surface area contributed by atoms with Crippen LogP contribution in [0.25, 0.3) is 0 Å². The lowest BCUT2D eigenvalue weighted by molar-refractivity contribution is -0.117. The van der Waals surface area contributed by atoms with Gasteiger partial charge in [-0.05, 0) is 68.9 Å². The Kier molecular flexibility index (Phi) is 6.15. The molecule has 0 spiro atoms. The van der Waals surface area contributed by atoms with Crippen LogP contribution in [0.1, 0.15) is 23.5 Å². The van der Waals surface area contributed by atoms with Crippen LogP contribution in [0, 0.1) is 0 Å². The standard InChI is InChI=1S/C26H29N3O/c1-28(2)17-10-18-29-24-15-8-6-11-20(24)19-23(22-14-7-9-16-25(22)29)26(30)27-21-12-4-3-5-13-21/h3-9,11-16,23H,10,17-19H2,1-2H3,(H,27,30). The van der Waals surface area contributed by atoms with Crippen LogP contribution in [0.15, 0.2) is 78.9 Å². The topological polar surface area (TPSA) is 35.6 Å². The molecule has 0 bridgehead atoms. The van der Waals surface area contributed by atoms with E-state index in [2.05, 4.69) is 71.7 Å². The second kappa shape index (κ2) is 9.14. The van der Waals surface area contributed by atoms with E-state index < -0.39 is 0 Å². The van der Waals surface area contributed by atoms with Crippen molar-refractivity contribution in [3.05, 3.63) is 90.0 Å². The molecule has 1 heterocycles. The minimum atomic E-state index is -0.235. The fraction of sp³-hybridized carbons (Fsp3) is 0.269. The predicted molar refractivity (Wildman–Crippen MR) is 125 cm³/mol. The third-order valence-electron chi connectivity index (χ3n) is 5.65. The normalized spacial score (nSPS) is 15.3. The van der Waals surface area contributed by atoms with Crippen LogP contribution in [0.4, 0.5) is 17.1 Å². The molecule has 30 heavy (non-hydrogen) atoms. The van der Waals surface area contributed by atoms with E-state index in [1.807, 2.05) is 36.4 Å². The van der Waals surface area contributed by atoms with E-state index >= 15 is 0 Å². The number of rotatable bonds is 6. The highest BCUT2D eigenvalue weighted by atomic mass is 16.1. The summed E-state index contributed by atoms with van der Waals surface area (Å²) in [5, 5.41) is 3.12. The summed E-state index contributed by atoms with van der Waals surface area (Å²) < 4.78 is 0. The van der Waals surface area contributed by atoms with E-state index in [-0.39, 0.29) is 11.8 Å². The molecule has 0 aromatic heterocycles. The Morgan fingerprint density at radius 2 is 1.60 bits per heavy atom. The highest BCUT2D eigenvalue weighted by Crippen LogP contribution is 2.41. The highest BCUT2D eigenvalue weighted by molar-refractivity contribution is 5.98. The summed E-state index contributed by atoms with van der Waals surface area (Å²) in [5.74, 6) is -0.194. The molecule has 1 aliphatic heterocycles. The molecule has 4 heteroatoms. The molecule has 0 saturated carbocycles. The minimum Gasteiger partial charge on any atom is -0.341 e. The zero-order valence-electron chi connectivity index (χ0n) is 17.7. The molecule has 1 atom stereocenters. The fourth-order valence-corrected chi connectivity index (χ4v) is 4.21. The summed E-state index contributed by atoms with van der Waals surface area (Å²) in [6, 6.07) is 26.6. The molecule has 154 valence electrons. The van der Waals surface area contributed by atoms with Gasteiger partial charge < -0.3 is 15.1 Å². The molecule has 0 aliphatic carbocycles. The van der Waals surface area contributed by atoms with Gasteiger partial charge in [-0.3, -0.25) is 4.79 Å². The molecule has 3 aromatic carbocycles. The maximum Gasteiger partial charge on any atom is 0.232 e. The first kappa shape index (κ1) is 20.2. The average Bonchev–Trinajstić information content (AvgIpc) is 2.89. The van der Waals surface area contributed by atoms with E-state index in [0.717, 1.165) is 36.4 Å². The Morgan fingerprint density at radius 3 is 2.37 bits per heavy atom. The third-order valence-corrected chi connectivity index (χ3v) is 5.65. The van der Waals surface area contributed by atoms with Crippen LogP contribution in [-0.2, 0) is 11.2 Å². The van der Waals surface area contributed by atoms with Crippen molar-refractivity contribution in [1.29, 1.82) is 0 Å². The van der Waals surface area contributed by atoms with E-state index in [1.165, 1.54) is 11.3 Å². The van der Waals surface area contributed by atoms with Crippen molar-refractivity contribution in [2.24, 2.45) is 0 Å². The largest absolute Gasteiger partial charge is 0.341 e. The molecule has 4 rings (SSSR count). The van der Waals surface area contributed by atoms with Gasteiger partial charge in [0, 0.05) is 23.6 Å². The van der Waals surface area contributed by atoms with Crippen molar-refractivity contribution in [2.75, 3.05) is 37.4 Å². The third kappa shape index (κ3) is 4.39. The van der Waals surface area contributed by atoms with Crippen LogP contribution in [0.2, 0.25) is 0 Å². The lowest BCUT2D eigenvalue weighted by atomic mass is 9.91. The summed E-state index contributed by atoms with van der Waals surface area (Å²) in [4.78, 5) is 18.0. The fourth-order valence-electron chi connectivity index (χ4n) is 4.21. The van der Waals surface area contributed by atoms with Gasteiger partial charge in [-0.25, -0.2) is 0 Å². The number of nitrogens with one attached hydrogen (secondary N) is 1. The Morgan fingerprint density at radius 1 is 0.933 bits per heavy atom. The molecule has 1 unspecified atom stereocenters. The van der Waals surface area contributed by atoms with Gasteiger partial charge in [0.15, 0.2) is 0 Å². The van der Waals surface area contributed by atoms with Crippen molar-refractivity contribution in [1.82, 2.24) is 4.90 Å². The van der Waals surface area contributed by atoms with Crippen LogP contribution in [0.5, 0.6) is 0 Å². The van der Waals surface area contributed by atoms with Gasteiger partial charge in [0.05, 0.1) is 5.92 Å². The number of benzene rings is 3. The first-order valence-corrected chi connectivity index (χ1v) is 10.6. The molecule has 1 N–H and O–H groups in total. The number of amides is 1. The molecule has 0 fully saturated rings.